The SMILES string of the molecule is COC(=O)[C@]1(C)CN(C(=O)CN2C[C@@H](C)N(C(=O)OC(C)(C)C)C[C@@H]2CN2CCOC[C@H]2C)c2cc(Cc3ccc(F)cc3)ccc21. The second-order valence-electron chi connectivity index (χ2n) is 14.4. The molecule has 3 heterocycles. The number of morpholine rings is 1. The zero-order chi connectivity index (χ0) is 34.1. The van der Waals surface area contributed by atoms with Crippen LogP contribution in [0.2, 0.25) is 0 Å². The minimum Gasteiger partial charge on any atom is -0.468 e. The molecule has 2 amide bonds. The molecule has 0 bridgehead atoms. The van der Waals surface area contributed by atoms with Gasteiger partial charge >= 0.3 is 12.1 Å². The van der Waals surface area contributed by atoms with Crippen molar-refractivity contribution in [2.24, 2.45) is 0 Å². The fourth-order valence-electron chi connectivity index (χ4n) is 6.94. The predicted octanol–water partition coefficient (Wildman–Crippen LogP) is 4.22. The summed E-state index contributed by atoms with van der Waals surface area (Å²) in [6, 6.07) is 12.1. The van der Waals surface area contributed by atoms with Crippen LogP contribution < -0.4 is 4.90 Å². The number of nitrogens with zero attached hydrogens (tertiary/aromatic N) is 4. The number of amides is 2. The molecular formula is C36H49FN4O6. The summed E-state index contributed by atoms with van der Waals surface area (Å²) in [6.07, 6.45) is 0.195. The van der Waals surface area contributed by atoms with Crippen LogP contribution in [0.3, 0.4) is 0 Å². The van der Waals surface area contributed by atoms with E-state index < -0.39 is 17.0 Å². The summed E-state index contributed by atoms with van der Waals surface area (Å²) in [6.45, 7) is 15.4. The number of anilines is 1. The molecule has 3 aliphatic heterocycles. The number of methoxy groups -OCH3 is 1. The van der Waals surface area contributed by atoms with Crippen molar-refractivity contribution in [1.29, 1.82) is 0 Å². The number of halogens is 1. The quantitative estimate of drug-likeness (QED) is 0.411. The molecule has 10 nitrogen and oxygen atoms in total. The summed E-state index contributed by atoms with van der Waals surface area (Å²) in [5.41, 5.74) is 1.66. The van der Waals surface area contributed by atoms with E-state index in [2.05, 4.69) is 16.7 Å². The van der Waals surface area contributed by atoms with Crippen LogP contribution in [-0.2, 0) is 35.6 Å². The Morgan fingerprint density at radius 3 is 2.36 bits per heavy atom. The van der Waals surface area contributed by atoms with Gasteiger partial charge in [-0.3, -0.25) is 19.4 Å². The van der Waals surface area contributed by atoms with E-state index in [-0.39, 0.29) is 49.0 Å². The van der Waals surface area contributed by atoms with E-state index in [1.165, 1.54) is 19.2 Å². The molecule has 0 spiro atoms. The van der Waals surface area contributed by atoms with Crippen LogP contribution >= 0.6 is 0 Å². The Hall–Kier alpha value is -3.54. The Labute approximate surface area is 277 Å². The Bertz CT molecular complexity index is 1460. The third kappa shape index (κ3) is 7.79. The summed E-state index contributed by atoms with van der Waals surface area (Å²) < 4.78 is 30.2. The van der Waals surface area contributed by atoms with E-state index in [0.29, 0.717) is 45.0 Å². The number of esters is 1. The second-order valence-corrected chi connectivity index (χ2v) is 14.4. The van der Waals surface area contributed by atoms with Gasteiger partial charge in [-0.15, -0.1) is 0 Å². The summed E-state index contributed by atoms with van der Waals surface area (Å²) in [7, 11) is 1.36. The van der Waals surface area contributed by atoms with Crippen molar-refractivity contribution in [1.82, 2.24) is 14.7 Å². The third-order valence-corrected chi connectivity index (χ3v) is 9.55. The molecule has 4 atom stereocenters. The molecular weight excluding hydrogens is 603 g/mol. The first kappa shape index (κ1) is 34.8. The van der Waals surface area contributed by atoms with Gasteiger partial charge in [-0.25, -0.2) is 9.18 Å². The Morgan fingerprint density at radius 2 is 1.70 bits per heavy atom. The number of hydrogen-bond acceptors (Lipinski definition) is 8. The highest BCUT2D eigenvalue weighted by atomic mass is 19.1. The first-order valence-electron chi connectivity index (χ1n) is 16.5. The molecule has 11 heteroatoms. The van der Waals surface area contributed by atoms with Gasteiger partial charge in [-0.05, 0) is 82.9 Å². The van der Waals surface area contributed by atoms with Crippen molar-refractivity contribution >= 4 is 23.7 Å². The van der Waals surface area contributed by atoms with E-state index in [0.717, 1.165) is 23.2 Å². The molecule has 0 saturated carbocycles. The predicted molar refractivity (Wildman–Crippen MR) is 177 cm³/mol. The van der Waals surface area contributed by atoms with Crippen LogP contribution in [0.25, 0.3) is 0 Å². The lowest BCUT2D eigenvalue weighted by atomic mass is 9.84. The van der Waals surface area contributed by atoms with E-state index in [1.54, 1.807) is 21.9 Å². The average Bonchev–Trinajstić information content (AvgIpc) is 3.32. The molecule has 0 N–H and O–H groups in total. The van der Waals surface area contributed by atoms with Crippen molar-refractivity contribution in [2.75, 3.05) is 64.5 Å². The smallest absolute Gasteiger partial charge is 0.410 e. The van der Waals surface area contributed by atoms with Gasteiger partial charge in [0.25, 0.3) is 0 Å². The topological polar surface area (TPSA) is 91.9 Å². The molecule has 47 heavy (non-hydrogen) atoms. The highest BCUT2D eigenvalue weighted by Crippen LogP contribution is 2.42. The first-order chi connectivity index (χ1) is 22.2. The maximum absolute atomic E-state index is 14.3. The van der Waals surface area contributed by atoms with Crippen molar-refractivity contribution in [2.45, 2.75) is 77.1 Å². The van der Waals surface area contributed by atoms with E-state index in [1.807, 2.05) is 52.8 Å². The van der Waals surface area contributed by atoms with Crippen molar-refractivity contribution in [3.05, 3.63) is 65.0 Å². The van der Waals surface area contributed by atoms with Crippen LogP contribution in [0.5, 0.6) is 0 Å². The Kier molecular flexibility index (Phi) is 10.3. The van der Waals surface area contributed by atoms with Crippen LogP contribution in [0, 0.1) is 5.82 Å². The number of carbonyl (C=O) groups is 3. The minimum atomic E-state index is -1.03. The van der Waals surface area contributed by atoms with Crippen LogP contribution in [-0.4, -0.2) is 116 Å². The number of ether oxygens (including phenoxy) is 3. The van der Waals surface area contributed by atoms with Crippen LogP contribution in [0.15, 0.2) is 42.5 Å². The third-order valence-electron chi connectivity index (χ3n) is 9.55. The van der Waals surface area contributed by atoms with Gasteiger partial charge in [-0.2, -0.15) is 0 Å². The lowest BCUT2D eigenvalue weighted by Gasteiger charge is -2.47. The highest BCUT2D eigenvalue weighted by molar-refractivity contribution is 6.02. The average molecular weight is 653 g/mol. The standard InChI is InChI=1S/C36H49FN4O6/c1-24-18-39(29(19-38-14-15-46-22-25(38)2)20-40(24)34(44)47-35(3,4)5)21-32(42)41-23-36(6,33(43)45-7)30-13-10-27(17-31(30)41)16-26-8-11-28(37)12-9-26/h8-13,17,24-25,29H,14-16,18-23H2,1-7H3/t24-,25-,29+,36-/m1/s1. The second kappa shape index (κ2) is 13.9. The molecule has 0 aliphatic carbocycles. The fraction of sp³-hybridized carbons (Fsp3) is 0.583. The normalized spacial score (nSPS) is 25.4. The zero-order valence-electron chi connectivity index (χ0n) is 28.8. The fourth-order valence-corrected chi connectivity index (χ4v) is 6.94. The monoisotopic (exact) mass is 652 g/mol. The number of benzene rings is 2. The van der Waals surface area contributed by atoms with E-state index in [9.17, 15) is 18.8 Å². The molecule has 0 radical (unpaired) electrons. The molecule has 5 rings (SSSR count). The number of piperazine rings is 1. The van der Waals surface area contributed by atoms with Gasteiger partial charge in [0.2, 0.25) is 5.91 Å². The van der Waals surface area contributed by atoms with Crippen molar-refractivity contribution in [3.8, 4) is 0 Å². The maximum Gasteiger partial charge on any atom is 0.410 e. The molecule has 256 valence electrons. The molecule has 2 aromatic carbocycles. The van der Waals surface area contributed by atoms with Gasteiger partial charge in [0, 0.05) is 56.5 Å². The largest absolute Gasteiger partial charge is 0.468 e. The number of hydrogen-bond donors (Lipinski definition) is 0. The lowest BCUT2D eigenvalue weighted by molar-refractivity contribution is -0.146. The molecule has 0 aromatic heterocycles. The van der Waals surface area contributed by atoms with Crippen molar-refractivity contribution in [3.63, 3.8) is 0 Å². The summed E-state index contributed by atoms with van der Waals surface area (Å²) >= 11 is 0. The van der Waals surface area contributed by atoms with Gasteiger partial charge < -0.3 is 24.0 Å². The van der Waals surface area contributed by atoms with Gasteiger partial charge in [-0.1, -0.05) is 24.3 Å². The maximum atomic E-state index is 14.3. The van der Waals surface area contributed by atoms with Crippen LogP contribution in [0.1, 0.15) is 58.2 Å². The van der Waals surface area contributed by atoms with Gasteiger partial charge in [0.05, 0.1) is 26.9 Å². The Balaban J connectivity index is 1.41. The lowest BCUT2D eigenvalue weighted by Crippen LogP contribution is -2.64. The zero-order valence-corrected chi connectivity index (χ0v) is 28.8. The van der Waals surface area contributed by atoms with E-state index in [4.69, 9.17) is 14.2 Å². The number of fused-ring (bicyclic) bond motifs is 1. The summed E-state index contributed by atoms with van der Waals surface area (Å²) in [5, 5.41) is 0. The molecule has 3 aliphatic rings. The van der Waals surface area contributed by atoms with Gasteiger partial charge in [0.1, 0.15) is 16.8 Å². The van der Waals surface area contributed by atoms with Gasteiger partial charge in [0.15, 0.2) is 0 Å². The van der Waals surface area contributed by atoms with Crippen molar-refractivity contribution < 1.29 is 33.0 Å². The molecule has 2 saturated heterocycles. The summed E-state index contributed by atoms with van der Waals surface area (Å²) in [5.74, 6) is -0.828. The highest BCUT2D eigenvalue weighted by Gasteiger charge is 2.48. The molecule has 2 aromatic rings. The number of rotatable bonds is 7. The summed E-state index contributed by atoms with van der Waals surface area (Å²) in [4.78, 5) is 48.8. The van der Waals surface area contributed by atoms with Crippen LogP contribution in [0.4, 0.5) is 14.9 Å². The minimum absolute atomic E-state index is 0.120. The van der Waals surface area contributed by atoms with E-state index >= 15 is 0 Å². The Morgan fingerprint density at radius 1 is 1.00 bits per heavy atom. The molecule has 0 unspecified atom stereocenters. The first-order valence-corrected chi connectivity index (χ1v) is 16.5. The number of carbonyl (C=O) groups excluding carboxylic acids is 3. The molecule has 2 fully saturated rings.